The number of nitrogens with two attached hydrogens (primary N) is 1. The second-order valence-corrected chi connectivity index (χ2v) is 7.51. The summed E-state index contributed by atoms with van der Waals surface area (Å²) in [6, 6.07) is 5.00. The lowest BCUT2D eigenvalue weighted by Crippen LogP contribution is -2.26. The standard InChI is InChI=1S/C13H16N2O4S/c14-13(9-3-4-20(17,18)7-9)8-1-2-11-10(5-8)15-12(16)6-19-11/h1-2,5,9,13H,3-4,6-7,14H2,(H,15,16). The summed E-state index contributed by atoms with van der Waals surface area (Å²) in [5, 5.41) is 2.72. The van der Waals surface area contributed by atoms with Crippen LogP contribution in [0.25, 0.3) is 0 Å². The summed E-state index contributed by atoms with van der Waals surface area (Å²) < 4.78 is 28.3. The highest BCUT2D eigenvalue weighted by Gasteiger charge is 2.33. The van der Waals surface area contributed by atoms with E-state index in [-0.39, 0.29) is 36.0 Å². The number of anilines is 1. The Morgan fingerprint density at radius 1 is 1.40 bits per heavy atom. The number of hydrogen-bond acceptors (Lipinski definition) is 5. The van der Waals surface area contributed by atoms with E-state index in [0.29, 0.717) is 17.9 Å². The Bertz CT molecular complexity index is 656. The first-order valence-corrected chi connectivity index (χ1v) is 8.29. The maximum absolute atomic E-state index is 11.5. The molecule has 1 saturated heterocycles. The maximum Gasteiger partial charge on any atom is 0.262 e. The molecule has 6 nitrogen and oxygen atoms in total. The van der Waals surface area contributed by atoms with E-state index in [2.05, 4.69) is 5.32 Å². The van der Waals surface area contributed by atoms with Crippen LogP contribution in [0.3, 0.4) is 0 Å². The van der Waals surface area contributed by atoms with Gasteiger partial charge >= 0.3 is 0 Å². The Morgan fingerprint density at radius 2 is 2.20 bits per heavy atom. The third-order valence-corrected chi connectivity index (χ3v) is 5.59. The topological polar surface area (TPSA) is 98.5 Å². The molecule has 20 heavy (non-hydrogen) atoms. The van der Waals surface area contributed by atoms with Crippen LogP contribution in [0, 0.1) is 5.92 Å². The molecule has 3 rings (SSSR count). The van der Waals surface area contributed by atoms with Gasteiger partial charge in [0.1, 0.15) is 5.75 Å². The minimum Gasteiger partial charge on any atom is -0.482 e. The predicted octanol–water partition coefficient (Wildman–Crippen LogP) is 0.452. The van der Waals surface area contributed by atoms with Gasteiger partial charge in [0, 0.05) is 6.04 Å². The van der Waals surface area contributed by atoms with E-state index in [1.165, 1.54) is 0 Å². The van der Waals surface area contributed by atoms with Crippen LogP contribution in [-0.2, 0) is 14.6 Å². The molecule has 0 spiro atoms. The molecule has 1 amide bonds. The van der Waals surface area contributed by atoms with Crippen LogP contribution >= 0.6 is 0 Å². The minimum atomic E-state index is -2.95. The number of ether oxygens (including phenoxy) is 1. The minimum absolute atomic E-state index is 0.0132. The molecule has 0 saturated carbocycles. The van der Waals surface area contributed by atoms with Gasteiger partial charge in [-0.05, 0) is 30.0 Å². The Hall–Kier alpha value is -1.60. The Balaban J connectivity index is 1.84. The first-order valence-electron chi connectivity index (χ1n) is 6.47. The molecule has 1 fully saturated rings. The zero-order chi connectivity index (χ0) is 14.3. The summed E-state index contributed by atoms with van der Waals surface area (Å²) in [7, 11) is -2.95. The SMILES string of the molecule is NC(c1ccc2c(c1)NC(=O)CO2)C1CCS(=O)(=O)C1. The van der Waals surface area contributed by atoms with Crippen LogP contribution in [0.15, 0.2) is 18.2 Å². The zero-order valence-corrected chi connectivity index (χ0v) is 11.7. The largest absolute Gasteiger partial charge is 0.482 e. The third-order valence-electron chi connectivity index (χ3n) is 3.80. The van der Waals surface area contributed by atoms with Gasteiger partial charge in [-0.25, -0.2) is 8.42 Å². The van der Waals surface area contributed by atoms with Crippen LogP contribution in [0.1, 0.15) is 18.0 Å². The molecule has 2 aliphatic rings. The van der Waals surface area contributed by atoms with Crippen molar-refractivity contribution in [3.63, 3.8) is 0 Å². The fourth-order valence-corrected chi connectivity index (χ4v) is 4.54. The van der Waals surface area contributed by atoms with Gasteiger partial charge in [-0.3, -0.25) is 4.79 Å². The van der Waals surface area contributed by atoms with Crippen LogP contribution in [0.5, 0.6) is 5.75 Å². The van der Waals surface area contributed by atoms with Crippen molar-refractivity contribution in [2.24, 2.45) is 11.7 Å². The lowest BCUT2D eigenvalue weighted by atomic mass is 9.93. The lowest BCUT2D eigenvalue weighted by molar-refractivity contribution is -0.118. The summed E-state index contributed by atoms with van der Waals surface area (Å²) in [6.07, 6.45) is 0.587. The number of rotatable bonds is 2. The fourth-order valence-electron chi connectivity index (χ4n) is 2.69. The Morgan fingerprint density at radius 3 is 2.90 bits per heavy atom. The second-order valence-electron chi connectivity index (χ2n) is 5.28. The monoisotopic (exact) mass is 296 g/mol. The number of benzene rings is 1. The number of amides is 1. The first kappa shape index (κ1) is 13.4. The quantitative estimate of drug-likeness (QED) is 0.825. The van der Waals surface area contributed by atoms with E-state index in [4.69, 9.17) is 10.5 Å². The second kappa shape index (κ2) is 4.75. The first-order chi connectivity index (χ1) is 9.44. The molecule has 0 bridgehead atoms. The van der Waals surface area contributed by atoms with E-state index < -0.39 is 9.84 Å². The van der Waals surface area contributed by atoms with Crippen molar-refractivity contribution in [3.05, 3.63) is 23.8 Å². The lowest BCUT2D eigenvalue weighted by Gasteiger charge is -2.22. The maximum atomic E-state index is 11.5. The molecule has 1 aromatic rings. The number of carbonyl (C=O) groups excluding carboxylic acids is 1. The number of fused-ring (bicyclic) bond motifs is 1. The molecule has 2 unspecified atom stereocenters. The average Bonchev–Trinajstić information content (AvgIpc) is 2.77. The van der Waals surface area contributed by atoms with Gasteiger partial charge in [0.15, 0.2) is 16.4 Å². The van der Waals surface area contributed by atoms with Crippen LogP contribution < -0.4 is 15.8 Å². The van der Waals surface area contributed by atoms with Gasteiger partial charge in [-0.1, -0.05) is 6.07 Å². The molecule has 2 heterocycles. The van der Waals surface area contributed by atoms with Crippen molar-refractivity contribution in [2.75, 3.05) is 23.4 Å². The van der Waals surface area contributed by atoms with E-state index >= 15 is 0 Å². The van der Waals surface area contributed by atoms with Crippen molar-refractivity contribution >= 4 is 21.4 Å². The van der Waals surface area contributed by atoms with Crippen molar-refractivity contribution in [3.8, 4) is 5.75 Å². The van der Waals surface area contributed by atoms with Crippen LogP contribution in [-0.4, -0.2) is 32.4 Å². The number of hydrogen-bond donors (Lipinski definition) is 2. The molecule has 0 aliphatic carbocycles. The molecular weight excluding hydrogens is 280 g/mol. The third kappa shape index (κ3) is 2.51. The van der Waals surface area contributed by atoms with E-state index in [1.807, 2.05) is 6.07 Å². The summed E-state index contributed by atoms with van der Waals surface area (Å²) in [5.74, 6) is 0.675. The van der Waals surface area contributed by atoms with E-state index in [0.717, 1.165) is 5.56 Å². The highest BCUT2D eigenvalue weighted by atomic mass is 32.2. The van der Waals surface area contributed by atoms with Gasteiger partial charge in [0.05, 0.1) is 17.2 Å². The molecule has 0 radical (unpaired) electrons. The Kier molecular flexibility index (Phi) is 3.18. The average molecular weight is 296 g/mol. The molecular formula is C13H16N2O4S. The van der Waals surface area contributed by atoms with E-state index in [1.54, 1.807) is 12.1 Å². The molecule has 7 heteroatoms. The summed E-state index contributed by atoms with van der Waals surface area (Å²) in [4.78, 5) is 11.3. The van der Waals surface area contributed by atoms with Gasteiger partial charge in [0.2, 0.25) is 0 Å². The van der Waals surface area contributed by atoms with Crippen molar-refractivity contribution in [1.29, 1.82) is 0 Å². The number of nitrogens with one attached hydrogen (secondary N) is 1. The molecule has 108 valence electrons. The van der Waals surface area contributed by atoms with Gasteiger partial charge in [0.25, 0.3) is 5.91 Å². The fraction of sp³-hybridized carbons (Fsp3) is 0.462. The van der Waals surface area contributed by atoms with Gasteiger partial charge in [-0.15, -0.1) is 0 Å². The van der Waals surface area contributed by atoms with Gasteiger partial charge in [-0.2, -0.15) is 0 Å². The summed E-state index contributed by atoms with van der Waals surface area (Å²) >= 11 is 0. The van der Waals surface area contributed by atoms with Crippen LogP contribution in [0.4, 0.5) is 5.69 Å². The van der Waals surface area contributed by atoms with Crippen molar-refractivity contribution < 1.29 is 17.9 Å². The highest BCUT2D eigenvalue weighted by Crippen LogP contribution is 2.34. The Labute approximate surface area is 117 Å². The molecule has 2 aliphatic heterocycles. The smallest absolute Gasteiger partial charge is 0.262 e. The van der Waals surface area contributed by atoms with Crippen molar-refractivity contribution in [1.82, 2.24) is 0 Å². The van der Waals surface area contributed by atoms with E-state index in [9.17, 15) is 13.2 Å². The zero-order valence-electron chi connectivity index (χ0n) is 10.8. The summed E-state index contributed by atoms with van der Waals surface area (Å²) in [6.45, 7) is 0.0132. The van der Waals surface area contributed by atoms with Gasteiger partial charge < -0.3 is 15.8 Å². The number of sulfone groups is 1. The normalized spacial score (nSPS) is 25.4. The molecule has 0 aromatic heterocycles. The summed E-state index contributed by atoms with van der Waals surface area (Å²) in [5.41, 5.74) is 7.58. The highest BCUT2D eigenvalue weighted by molar-refractivity contribution is 7.91. The van der Waals surface area contributed by atoms with Crippen molar-refractivity contribution in [2.45, 2.75) is 12.5 Å². The predicted molar refractivity (Wildman–Crippen MR) is 74.3 cm³/mol. The molecule has 2 atom stereocenters. The van der Waals surface area contributed by atoms with Crippen LogP contribution in [0.2, 0.25) is 0 Å². The number of carbonyl (C=O) groups is 1. The molecule has 1 aromatic carbocycles. The molecule has 3 N–H and O–H groups in total.